The molecule has 1 heterocycles. The fraction of sp³-hybridized carbons (Fsp3) is 0.333. The van der Waals surface area contributed by atoms with Gasteiger partial charge >= 0.3 is 0 Å². The first-order valence-electron chi connectivity index (χ1n) is 7.55. The predicted octanol–water partition coefficient (Wildman–Crippen LogP) is 3.54. The molecular weight excluding hydrogens is 276 g/mol. The highest BCUT2D eigenvalue weighted by molar-refractivity contribution is 5.81. The van der Waals surface area contributed by atoms with Crippen molar-refractivity contribution in [2.75, 3.05) is 0 Å². The molecule has 0 bridgehead atoms. The van der Waals surface area contributed by atoms with E-state index >= 15 is 0 Å². The van der Waals surface area contributed by atoms with E-state index in [0.29, 0.717) is 12.2 Å². The summed E-state index contributed by atoms with van der Waals surface area (Å²) >= 11 is 0. The van der Waals surface area contributed by atoms with E-state index in [0.717, 1.165) is 29.7 Å². The minimum absolute atomic E-state index is 0.136. The van der Waals surface area contributed by atoms with Crippen molar-refractivity contribution in [3.8, 4) is 0 Å². The van der Waals surface area contributed by atoms with Gasteiger partial charge < -0.3 is 4.42 Å². The van der Waals surface area contributed by atoms with Crippen molar-refractivity contribution in [2.24, 2.45) is 5.10 Å². The Morgan fingerprint density at radius 1 is 1.27 bits per heavy atom. The number of benzene rings is 1. The molecule has 4 nitrogen and oxygen atoms in total. The van der Waals surface area contributed by atoms with Crippen molar-refractivity contribution < 1.29 is 9.21 Å². The number of carbonyl (C=O) groups excluding carboxylic acids is 1. The predicted molar refractivity (Wildman–Crippen MR) is 88.1 cm³/mol. The van der Waals surface area contributed by atoms with E-state index in [-0.39, 0.29) is 5.91 Å². The number of rotatable bonds is 6. The van der Waals surface area contributed by atoms with Crippen molar-refractivity contribution in [3.63, 3.8) is 0 Å². The number of aryl methyl sites for hydroxylation is 3. The van der Waals surface area contributed by atoms with Crippen LogP contribution in [0.3, 0.4) is 0 Å². The summed E-state index contributed by atoms with van der Waals surface area (Å²) in [6, 6.07) is 9.85. The SMILES string of the molecule is CCCc1ccc(/C=N\NC(=O)Cc2ccc(C)cc2C)o1. The van der Waals surface area contributed by atoms with Crippen molar-refractivity contribution in [1.29, 1.82) is 0 Å². The number of carbonyl (C=O) groups is 1. The third-order valence-corrected chi connectivity index (χ3v) is 3.41. The molecule has 22 heavy (non-hydrogen) atoms. The number of nitrogens with one attached hydrogen (secondary N) is 1. The van der Waals surface area contributed by atoms with Gasteiger partial charge in [-0.15, -0.1) is 0 Å². The smallest absolute Gasteiger partial charge is 0.244 e. The molecule has 0 fully saturated rings. The van der Waals surface area contributed by atoms with Crippen LogP contribution in [0, 0.1) is 13.8 Å². The lowest BCUT2D eigenvalue weighted by atomic mass is 10.0. The monoisotopic (exact) mass is 298 g/mol. The fourth-order valence-corrected chi connectivity index (χ4v) is 2.27. The van der Waals surface area contributed by atoms with E-state index in [1.807, 2.05) is 38.1 Å². The van der Waals surface area contributed by atoms with E-state index in [9.17, 15) is 4.79 Å². The third-order valence-electron chi connectivity index (χ3n) is 3.41. The van der Waals surface area contributed by atoms with E-state index in [1.54, 1.807) is 0 Å². The molecular formula is C18H22N2O2. The van der Waals surface area contributed by atoms with Gasteiger partial charge in [-0.05, 0) is 43.5 Å². The molecule has 0 aliphatic rings. The number of nitrogens with zero attached hydrogens (tertiary/aromatic N) is 1. The van der Waals surface area contributed by atoms with Gasteiger partial charge in [0.25, 0.3) is 0 Å². The zero-order chi connectivity index (χ0) is 15.9. The van der Waals surface area contributed by atoms with Crippen molar-refractivity contribution in [3.05, 3.63) is 58.5 Å². The molecule has 2 rings (SSSR count). The molecule has 116 valence electrons. The number of hydrogen-bond donors (Lipinski definition) is 1. The van der Waals surface area contributed by atoms with E-state index in [4.69, 9.17) is 4.42 Å². The maximum absolute atomic E-state index is 11.9. The Labute approximate surface area is 131 Å². The van der Waals surface area contributed by atoms with Crippen molar-refractivity contribution >= 4 is 12.1 Å². The summed E-state index contributed by atoms with van der Waals surface area (Å²) in [5.41, 5.74) is 5.86. The van der Waals surface area contributed by atoms with E-state index in [2.05, 4.69) is 23.5 Å². The van der Waals surface area contributed by atoms with Crippen molar-refractivity contribution in [2.45, 2.75) is 40.0 Å². The molecule has 0 aliphatic heterocycles. The lowest BCUT2D eigenvalue weighted by molar-refractivity contribution is -0.120. The average Bonchev–Trinajstić information content (AvgIpc) is 2.90. The van der Waals surface area contributed by atoms with Crippen LogP contribution in [0.15, 0.2) is 39.9 Å². The topological polar surface area (TPSA) is 54.6 Å². The second kappa shape index (κ2) is 7.59. The molecule has 1 N–H and O–H groups in total. The van der Waals surface area contributed by atoms with Crippen LogP contribution in [0.4, 0.5) is 0 Å². The summed E-state index contributed by atoms with van der Waals surface area (Å²) in [5, 5.41) is 3.94. The Bertz CT molecular complexity index is 671. The first-order chi connectivity index (χ1) is 10.6. The normalized spacial score (nSPS) is 11.0. The molecule has 0 spiro atoms. The maximum Gasteiger partial charge on any atom is 0.244 e. The lowest BCUT2D eigenvalue weighted by Gasteiger charge is -2.05. The van der Waals surface area contributed by atoms with Gasteiger partial charge in [0.2, 0.25) is 5.91 Å². The second-order valence-corrected chi connectivity index (χ2v) is 5.45. The van der Waals surface area contributed by atoms with Crippen LogP contribution in [0.5, 0.6) is 0 Å². The fourth-order valence-electron chi connectivity index (χ4n) is 2.27. The average molecular weight is 298 g/mol. The Morgan fingerprint density at radius 2 is 2.09 bits per heavy atom. The highest BCUT2D eigenvalue weighted by Crippen LogP contribution is 2.11. The lowest BCUT2D eigenvalue weighted by Crippen LogP contribution is -2.20. The van der Waals surface area contributed by atoms with Gasteiger partial charge in [-0.25, -0.2) is 5.43 Å². The zero-order valence-electron chi connectivity index (χ0n) is 13.3. The minimum atomic E-state index is -0.136. The Kier molecular flexibility index (Phi) is 5.53. The highest BCUT2D eigenvalue weighted by Gasteiger charge is 2.05. The largest absolute Gasteiger partial charge is 0.460 e. The van der Waals surface area contributed by atoms with Crippen LogP contribution in [-0.2, 0) is 17.6 Å². The van der Waals surface area contributed by atoms with E-state index in [1.165, 1.54) is 11.8 Å². The van der Waals surface area contributed by atoms with Gasteiger partial charge in [0, 0.05) is 6.42 Å². The molecule has 1 aromatic heterocycles. The molecule has 1 amide bonds. The molecule has 2 aromatic rings. The minimum Gasteiger partial charge on any atom is -0.460 e. The van der Waals surface area contributed by atoms with Gasteiger partial charge in [0.05, 0.1) is 12.6 Å². The van der Waals surface area contributed by atoms with Crippen LogP contribution >= 0.6 is 0 Å². The molecule has 0 saturated carbocycles. The summed E-state index contributed by atoms with van der Waals surface area (Å²) in [7, 11) is 0. The molecule has 0 radical (unpaired) electrons. The maximum atomic E-state index is 11.9. The Morgan fingerprint density at radius 3 is 2.82 bits per heavy atom. The van der Waals surface area contributed by atoms with Gasteiger partial charge in [0.1, 0.15) is 11.5 Å². The molecule has 0 saturated heterocycles. The van der Waals surface area contributed by atoms with Crippen molar-refractivity contribution in [1.82, 2.24) is 5.43 Å². The quantitative estimate of drug-likeness (QED) is 0.655. The standard InChI is InChI=1S/C18H22N2O2/c1-4-5-16-8-9-17(22-16)12-19-20-18(21)11-15-7-6-13(2)10-14(15)3/h6-10,12H,4-5,11H2,1-3H3,(H,20,21)/b19-12-. The first kappa shape index (κ1) is 16.0. The number of furan rings is 1. The number of hydrazone groups is 1. The third kappa shape index (κ3) is 4.58. The Hall–Kier alpha value is -2.36. The van der Waals surface area contributed by atoms with E-state index < -0.39 is 0 Å². The molecule has 1 aromatic carbocycles. The molecule has 0 atom stereocenters. The van der Waals surface area contributed by atoms with Crippen LogP contribution in [0.2, 0.25) is 0 Å². The second-order valence-electron chi connectivity index (χ2n) is 5.45. The first-order valence-corrected chi connectivity index (χ1v) is 7.55. The van der Waals surface area contributed by atoms with Gasteiger partial charge in [-0.1, -0.05) is 30.7 Å². The van der Waals surface area contributed by atoms with Crippen LogP contribution in [0.25, 0.3) is 0 Å². The van der Waals surface area contributed by atoms with Crippen LogP contribution < -0.4 is 5.43 Å². The van der Waals surface area contributed by atoms with Crippen LogP contribution in [-0.4, -0.2) is 12.1 Å². The number of hydrogen-bond acceptors (Lipinski definition) is 3. The van der Waals surface area contributed by atoms with Gasteiger partial charge in [0.15, 0.2) is 0 Å². The summed E-state index contributed by atoms with van der Waals surface area (Å²) in [6.07, 6.45) is 3.80. The number of amides is 1. The molecule has 0 unspecified atom stereocenters. The van der Waals surface area contributed by atoms with Gasteiger partial charge in [-0.2, -0.15) is 5.10 Å². The summed E-state index contributed by atoms with van der Waals surface area (Å²) < 4.78 is 5.56. The summed E-state index contributed by atoms with van der Waals surface area (Å²) in [4.78, 5) is 11.9. The Balaban J connectivity index is 1.87. The summed E-state index contributed by atoms with van der Waals surface area (Å²) in [5.74, 6) is 1.45. The molecule has 0 aliphatic carbocycles. The van der Waals surface area contributed by atoms with Crippen LogP contribution in [0.1, 0.15) is 41.6 Å². The van der Waals surface area contributed by atoms with Gasteiger partial charge in [-0.3, -0.25) is 4.79 Å². The highest BCUT2D eigenvalue weighted by atomic mass is 16.3. The summed E-state index contributed by atoms with van der Waals surface area (Å²) in [6.45, 7) is 6.15. The molecule has 4 heteroatoms. The zero-order valence-corrected chi connectivity index (χ0v) is 13.3.